The van der Waals surface area contributed by atoms with Crippen molar-refractivity contribution in [2.75, 3.05) is 10.7 Å². The standard InChI is InChI=1S/C24H20ClN5O3/c1-14(31)26-17-10-7-15(8-11-17)23(32)21(30-29-18-5-3-2-4-6-18)22-24(33)28-20-13-16(25)9-12-19(20)27-22/h2-13,23,29,32H,1H3,(H,26,31)(H,28,33)/b30-21+. The molecule has 4 rings (SSSR count). The smallest absolute Gasteiger partial charge is 0.276 e. The van der Waals surface area contributed by atoms with E-state index in [1.807, 2.05) is 18.2 Å². The van der Waals surface area contributed by atoms with Crippen molar-refractivity contribution in [3.63, 3.8) is 0 Å². The van der Waals surface area contributed by atoms with Gasteiger partial charge in [-0.15, -0.1) is 0 Å². The van der Waals surface area contributed by atoms with E-state index in [0.717, 1.165) is 0 Å². The SMILES string of the molecule is CC(=O)Nc1ccc(C(O)/C(=N/Nc2ccccc2)c2nc3ccc(Cl)cc3[nH]c2=O)cc1. The van der Waals surface area contributed by atoms with Gasteiger partial charge < -0.3 is 15.4 Å². The number of aromatic amines is 1. The largest absolute Gasteiger partial charge is 0.382 e. The first kappa shape index (κ1) is 22.2. The Morgan fingerprint density at radius 3 is 2.48 bits per heavy atom. The van der Waals surface area contributed by atoms with Gasteiger partial charge in [0.05, 0.1) is 16.7 Å². The van der Waals surface area contributed by atoms with E-state index in [1.54, 1.807) is 54.6 Å². The lowest BCUT2D eigenvalue weighted by molar-refractivity contribution is -0.114. The van der Waals surface area contributed by atoms with Crippen LogP contribution in [0.15, 0.2) is 82.7 Å². The van der Waals surface area contributed by atoms with E-state index in [1.165, 1.54) is 6.92 Å². The second-order valence-corrected chi connectivity index (χ2v) is 7.69. The number of rotatable bonds is 6. The Morgan fingerprint density at radius 2 is 1.79 bits per heavy atom. The predicted molar refractivity (Wildman–Crippen MR) is 130 cm³/mol. The van der Waals surface area contributed by atoms with Crippen molar-refractivity contribution in [1.29, 1.82) is 0 Å². The van der Waals surface area contributed by atoms with Crippen LogP contribution in [0, 0.1) is 0 Å². The molecule has 1 unspecified atom stereocenters. The van der Waals surface area contributed by atoms with Gasteiger partial charge >= 0.3 is 0 Å². The number of carbonyl (C=O) groups excluding carboxylic acids is 1. The number of H-pyrrole nitrogens is 1. The molecule has 0 bridgehead atoms. The Kier molecular flexibility index (Phi) is 6.48. The maximum Gasteiger partial charge on any atom is 0.276 e. The number of carbonyl (C=O) groups is 1. The second-order valence-electron chi connectivity index (χ2n) is 7.26. The lowest BCUT2D eigenvalue weighted by Crippen LogP contribution is -2.26. The van der Waals surface area contributed by atoms with Crippen LogP contribution in [0.3, 0.4) is 0 Å². The van der Waals surface area contributed by atoms with Gasteiger partial charge in [0.1, 0.15) is 11.8 Å². The molecule has 9 heteroatoms. The number of aliphatic hydroxyl groups excluding tert-OH is 1. The number of halogens is 1. The van der Waals surface area contributed by atoms with E-state index in [0.29, 0.717) is 33.0 Å². The molecule has 1 amide bonds. The van der Waals surface area contributed by atoms with Crippen LogP contribution < -0.4 is 16.3 Å². The van der Waals surface area contributed by atoms with Crippen LogP contribution in [0.5, 0.6) is 0 Å². The molecular formula is C24H20ClN5O3. The number of hydrogen-bond acceptors (Lipinski definition) is 6. The van der Waals surface area contributed by atoms with Crippen LogP contribution in [0.25, 0.3) is 11.0 Å². The highest BCUT2D eigenvalue weighted by molar-refractivity contribution is 6.31. The number of hydrogen-bond donors (Lipinski definition) is 4. The Bertz CT molecular complexity index is 1390. The Labute approximate surface area is 194 Å². The number of amides is 1. The van der Waals surface area contributed by atoms with Crippen molar-refractivity contribution in [1.82, 2.24) is 9.97 Å². The summed E-state index contributed by atoms with van der Waals surface area (Å²) in [6.07, 6.45) is -1.27. The molecule has 0 fully saturated rings. The van der Waals surface area contributed by atoms with E-state index < -0.39 is 11.7 Å². The number of fused-ring (bicyclic) bond motifs is 1. The summed E-state index contributed by atoms with van der Waals surface area (Å²) < 4.78 is 0. The number of nitrogens with one attached hydrogen (secondary N) is 3. The molecule has 0 saturated heterocycles. The Hall–Kier alpha value is -4.01. The third kappa shape index (κ3) is 5.25. The van der Waals surface area contributed by atoms with Gasteiger partial charge in [-0.1, -0.05) is 41.9 Å². The van der Waals surface area contributed by atoms with Gasteiger partial charge in [0.2, 0.25) is 5.91 Å². The fraction of sp³-hybridized carbons (Fsp3) is 0.0833. The maximum atomic E-state index is 12.9. The molecule has 8 nitrogen and oxygen atoms in total. The molecule has 0 radical (unpaired) electrons. The van der Waals surface area contributed by atoms with Crippen molar-refractivity contribution in [2.45, 2.75) is 13.0 Å². The van der Waals surface area contributed by atoms with Gasteiger partial charge in [-0.2, -0.15) is 5.10 Å². The van der Waals surface area contributed by atoms with E-state index in [9.17, 15) is 14.7 Å². The van der Waals surface area contributed by atoms with E-state index >= 15 is 0 Å². The fourth-order valence-corrected chi connectivity index (χ4v) is 3.40. The summed E-state index contributed by atoms with van der Waals surface area (Å²) in [5.41, 5.74) is 5.04. The Morgan fingerprint density at radius 1 is 1.06 bits per heavy atom. The monoisotopic (exact) mass is 461 g/mol. The molecule has 0 saturated carbocycles. The van der Waals surface area contributed by atoms with E-state index in [2.05, 4.69) is 25.8 Å². The molecule has 0 aliphatic heterocycles. The van der Waals surface area contributed by atoms with Gasteiger partial charge in [0.15, 0.2) is 5.69 Å². The van der Waals surface area contributed by atoms with E-state index in [-0.39, 0.29) is 17.3 Å². The first-order chi connectivity index (χ1) is 15.9. The van der Waals surface area contributed by atoms with Crippen LogP contribution in [0.1, 0.15) is 24.3 Å². The topological polar surface area (TPSA) is 119 Å². The number of aromatic nitrogens is 2. The molecule has 33 heavy (non-hydrogen) atoms. The minimum Gasteiger partial charge on any atom is -0.382 e. The molecule has 166 valence electrons. The lowest BCUT2D eigenvalue weighted by atomic mass is 10.0. The molecular weight excluding hydrogens is 442 g/mol. The zero-order valence-electron chi connectivity index (χ0n) is 17.5. The second kappa shape index (κ2) is 9.64. The van der Waals surface area contributed by atoms with Gasteiger partial charge in [0, 0.05) is 17.6 Å². The summed E-state index contributed by atoms with van der Waals surface area (Å²) in [5, 5.41) is 18.6. The third-order valence-corrected chi connectivity index (χ3v) is 5.02. The first-order valence-corrected chi connectivity index (χ1v) is 10.4. The van der Waals surface area contributed by atoms with Crippen molar-refractivity contribution in [3.8, 4) is 0 Å². The minimum atomic E-state index is -1.27. The fourth-order valence-electron chi connectivity index (χ4n) is 3.22. The average molecular weight is 462 g/mol. The number of hydrazone groups is 1. The number of nitrogens with zero attached hydrogens (tertiary/aromatic N) is 2. The highest BCUT2D eigenvalue weighted by Crippen LogP contribution is 2.22. The molecule has 0 spiro atoms. The molecule has 1 aromatic heterocycles. The van der Waals surface area contributed by atoms with Crippen LogP contribution in [-0.2, 0) is 4.79 Å². The summed E-state index contributed by atoms with van der Waals surface area (Å²) in [6, 6.07) is 20.7. The zero-order chi connectivity index (χ0) is 23.4. The quantitative estimate of drug-likeness (QED) is 0.255. The van der Waals surface area contributed by atoms with Gasteiger partial charge in [-0.25, -0.2) is 4.98 Å². The average Bonchev–Trinajstić information content (AvgIpc) is 2.80. The van der Waals surface area contributed by atoms with Crippen LogP contribution in [0.4, 0.5) is 11.4 Å². The summed E-state index contributed by atoms with van der Waals surface area (Å²) in [6.45, 7) is 1.41. The molecule has 4 aromatic rings. The van der Waals surface area contributed by atoms with Gasteiger partial charge in [0.25, 0.3) is 5.56 Å². The molecule has 4 N–H and O–H groups in total. The van der Waals surface area contributed by atoms with Crippen molar-refractivity contribution in [2.24, 2.45) is 5.10 Å². The lowest BCUT2D eigenvalue weighted by Gasteiger charge is -2.15. The van der Waals surface area contributed by atoms with E-state index in [4.69, 9.17) is 11.6 Å². The summed E-state index contributed by atoms with van der Waals surface area (Å²) in [4.78, 5) is 31.3. The molecule has 1 atom stereocenters. The highest BCUT2D eigenvalue weighted by atomic mass is 35.5. The summed E-state index contributed by atoms with van der Waals surface area (Å²) >= 11 is 6.02. The molecule has 3 aromatic carbocycles. The first-order valence-electron chi connectivity index (χ1n) is 10.0. The van der Waals surface area contributed by atoms with Gasteiger partial charge in [-0.05, 0) is 48.0 Å². The van der Waals surface area contributed by atoms with Crippen molar-refractivity contribution in [3.05, 3.63) is 99.4 Å². The van der Waals surface area contributed by atoms with Gasteiger partial charge in [-0.3, -0.25) is 15.0 Å². The number of aliphatic hydroxyl groups is 1. The van der Waals surface area contributed by atoms with Crippen LogP contribution in [-0.4, -0.2) is 26.7 Å². The molecule has 0 aliphatic rings. The van der Waals surface area contributed by atoms with Crippen molar-refractivity contribution >= 4 is 45.6 Å². The molecule has 1 heterocycles. The predicted octanol–water partition coefficient (Wildman–Crippen LogP) is 4.08. The number of anilines is 2. The van der Waals surface area contributed by atoms with Crippen LogP contribution in [0.2, 0.25) is 5.02 Å². The number of para-hydroxylation sites is 1. The zero-order valence-corrected chi connectivity index (χ0v) is 18.3. The third-order valence-electron chi connectivity index (χ3n) is 4.78. The Balaban J connectivity index is 1.77. The summed E-state index contributed by atoms with van der Waals surface area (Å²) in [5.74, 6) is -0.204. The highest BCUT2D eigenvalue weighted by Gasteiger charge is 2.23. The van der Waals surface area contributed by atoms with Crippen LogP contribution >= 0.6 is 11.6 Å². The maximum absolute atomic E-state index is 12.9. The molecule has 0 aliphatic carbocycles. The summed E-state index contributed by atoms with van der Waals surface area (Å²) in [7, 11) is 0. The minimum absolute atomic E-state index is 0.0317. The number of benzene rings is 3. The van der Waals surface area contributed by atoms with Crippen molar-refractivity contribution < 1.29 is 9.90 Å². The normalized spacial score (nSPS) is 12.4.